The average Bonchev–Trinajstić information content (AvgIpc) is 2.65. The number of carboxylic acids is 1. The summed E-state index contributed by atoms with van der Waals surface area (Å²) in [5.74, 6) is -0.734. The summed E-state index contributed by atoms with van der Waals surface area (Å²) in [5.41, 5.74) is 1.75. The van der Waals surface area contributed by atoms with E-state index in [0.29, 0.717) is 6.42 Å². The third-order valence-corrected chi connectivity index (χ3v) is 3.58. The van der Waals surface area contributed by atoms with E-state index in [2.05, 4.69) is 22.9 Å². The topological polar surface area (TPSA) is 42.2 Å². The Bertz CT molecular complexity index is 581. The van der Waals surface area contributed by atoms with E-state index in [1.165, 1.54) is 16.5 Å². The number of carboxylic acid groups (broad SMARTS) is 1. The van der Waals surface area contributed by atoms with Crippen molar-refractivity contribution in [1.82, 2.24) is 4.57 Å². The zero-order chi connectivity index (χ0) is 13.3. The van der Waals surface area contributed by atoms with Crippen molar-refractivity contribution in [1.29, 1.82) is 0 Å². The molecule has 0 aliphatic carbocycles. The van der Waals surface area contributed by atoms with Crippen LogP contribution in [0.5, 0.6) is 0 Å². The highest BCUT2D eigenvalue weighted by Crippen LogP contribution is 2.27. The van der Waals surface area contributed by atoms with Crippen LogP contribution in [-0.2, 0) is 18.3 Å². The summed E-state index contributed by atoms with van der Waals surface area (Å²) in [6, 6.07) is 8.22. The lowest BCUT2D eigenvalue weighted by molar-refractivity contribution is -0.147. The molecule has 0 bridgehead atoms. The molecule has 1 heterocycles. The Morgan fingerprint density at radius 3 is 2.67 bits per heavy atom. The van der Waals surface area contributed by atoms with E-state index in [9.17, 15) is 4.79 Å². The molecule has 3 heteroatoms. The summed E-state index contributed by atoms with van der Waals surface area (Å²) in [5, 5.41) is 10.4. The molecule has 2 rings (SSSR count). The van der Waals surface area contributed by atoms with Crippen molar-refractivity contribution < 1.29 is 9.90 Å². The number of rotatable bonds is 4. The minimum absolute atomic E-state index is 0.649. The fourth-order valence-electron chi connectivity index (χ4n) is 2.18. The fourth-order valence-corrected chi connectivity index (χ4v) is 2.18. The normalized spacial score (nSPS) is 11.9. The van der Waals surface area contributed by atoms with Crippen LogP contribution in [-0.4, -0.2) is 15.6 Å². The maximum atomic E-state index is 11.1. The second kappa shape index (κ2) is 4.48. The van der Waals surface area contributed by atoms with Gasteiger partial charge in [-0.1, -0.05) is 18.2 Å². The zero-order valence-corrected chi connectivity index (χ0v) is 11.1. The molecule has 0 aliphatic heterocycles. The number of para-hydroxylation sites is 1. The Kier molecular flexibility index (Phi) is 3.16. The smallest absolute Gasteiger partial charge is 0.309 e. The SMILES string of the molecule is Cn1cc(CCC(C)(C)C(=O)O)c2ccccc21. The van der Waals surface area contributed by atoms with Crippen molar-refractivity contribution in [2.45, 2.75) is 26.7 Å². The van der Waals surface area contributed by atoms with Crippen LogP contribution in [0.25, 0.3) is 10.9 Å². The predicted octanol–water partition coefficient (Wildman–Crippen LogP) is 3.22. The van der Waals surface area contributed by atoms with E-state index >= 15 is 0 Å². The molecule has 0 spiro atoms. The minimum Gasteiger partial charge on any atom is -0.481 e. The van der Waals surface area contributed by atoms with Crippen molar-refractivity contribution in [2.75, 3.05) is 0 Å². The molecule has 0 radical (unpaired) electrons. The van der Waals surface area contributed by atoms with Gasteiger partial charge in [0.15, 0.2) is 0 Å². The molecule has 0 saturated heterocycles. The highest BCUT2D eigenvalue weighted by molar-refractivity contribution is 5.84. The first-order valence-electron chi connectivity index (χ1n) is 6.18. The highest BCUT2D eigenvalue weighted by atomic mass is 16.4. The lowest BCUT2D eigenvalue weighted by atomic mass is 9.86. The third-order valence-electron chi connectivity index (χ3n) is 3.58. The average molecular weight is 245 g/mol. The quantitative estimate of drug-likeness (QED) is 0.898. The molecule has 0 amide bonds. The number of carbonyl (C=O) groups is 1. The molecule has 1 aromatic carbocycles. The molecule has 3 nitrogen and oxygen atoms in total. The summed E-state index contributed by atoms with van der Waals surface area (Å²) >= 11 is 0. The maximum absolute atomic E-state index is 11.1. The van der Waals surface area contributed by atoms with Crippen LogP contribution in [0.3, 0.4) is 0 Å². The van der Waals surface area contributed by atoms with Gasteiger partial charge < -0.3 is 9.67 Å². The van der Waals surface area contributed by atoms with Gasteiger partial charge in [0.1, 0.15) is 0 Å². The van der Waals surface area contributed by atoms with Crippen LogP contribution in [0.4, 0.5) is 0 Å². The van der Waals surface area contributed by atoms with Crippen LogP contribution < -0.4 is 0 Å². The lowest BCUT2D eigenvalue weighted by Gasteiger charge is -2.18. The first-order chi connectivity index (χ1) is 8.42. The molecule has 0 aliphatic rings. The number of hydrogen-bond acceptors (Lipinski definition) is 1. The summed E-state index contributed by atoms with van der Waals surface area (Å²) in [6.07, 6.45) is 3.54. The number of aliphatic carboxylic acids is 1. The monoisotopic (exact) mass is 245 g/mol. The molecule has 96 valence electrons. The number of aromatic nitrogens is 1. The molecule has 2 aromatic rings. The van der Waals surface area contributed by atoms with E-state index in [1.54, 1.807) is 13.8 Å². The summed E-state index contributed by atoms with van der Waals surface area (Å²) in [7, 11) is 2.02. The molecular formula is C15H19NO2. The molecule has 1 N–H and O–H groups in total. The Balaban J connectivity index is 2.25. The first kappa shape index (κ1) is 12.7. The fraction of sp³-hybridized carbons (Fsp3) is 0.400. The van der Waals surface area contributed by atoms with Gasteiger partial charge in [-0.05, 0) is 38.3 Å². The van der Waals surface area contributed by atoms with Gasteiger partial charge in [0, 0.05) is 24.1 Å². The van der Waals surface area contributed by atoms with Crippen LogP contribution in [0, 0.1) is 5.41 Å². The van der Waals surface area contributed by atoms with Gasteiger partial charge in [-0.3, -0.25) is 4.79 Å². The summed E-state index contributed by atoms with van der Waals surface area (Å²) < 4.78 is 2.10. The standard InChI is InChI=1S/C15H19NO2/c1-15(2,14(17)18)9-8-11-10-16(3)13-7-5-4-6-12(11)13/h4-7,10H,8-9H2,1-3H3,(H,17,18). The van der Waals surface area contributed by atoms with Crippen molar-refractivity contribution in [3.8, 4) is 0 Å². The van der Waals surface area contributed by atoms with E-state index in [4.69, 9.17) is 5.11 Å². The van der Waals surface area contributed by atoms with Crippen molar-refractivity contribution in [3.05, 3.63) is 36.0 Å². The molecule has 0 atom stereocenters. The number of benzene rings is 1. The number of nitrogens with zero attached hydrogens (tertiary/aromatic N) is 1. The second-order valence-corrected chi connectivity index (χ2v) is 5.47. The molecule has 0 fully saturated rings. The van der Waals surface area contributed by atoms with Gasteiger partial charge in [0.05, 0.1) is 5.41 Å². The lowest BCUT2D eigenvalue weighted by Crippen LogP contribution is -2.24. The second-order valence-electron chi connectivity index (χ2n) is 5.47. The third kappa shape index (κ3) is 2.26. The van der Waals surface area contributed by atoms with Gasteiger partial charge in [0.2, 0.25) is 0 Å². The van der Waals surface area contributed by atoms with Crippen LogP contribution >= 0.6 is 0 Å². The molecule has 0 saturated carbocycles. The number of aryl methyl sites for hydroxylation is 2. The van der Waals surface area contributed by atoms with E-state index < -0.39 is 11.4 Å². The first-order valence-corrected chi connectivity index (χ1v) is 6.18. The van der Waals surface area contributed by atoms with Crippen molar-refractivity contribution in [2.24, 2.45) is 12.5 Å². The largest absolute Gasteiger partial charge is 0.481 e. The molecule has 18 heavy (non-hydrogen) atoms. The van der Waals surface area contributed by atoms with Gasteiger partial charge in [0.25, 0.3) is 0 Å². The summed E-state index contributed by atoms with van der Waals surface area (Å²) in [6.45, 7) is 3.56. The van der Waals surface area contributed by atoms with E-state index in [0.717, 1.165) is 6.42 Å². The highest BCUT2D eigenvalue weighted by Gasteiger charge is 2.26. The summed E-state index contributed by atoms with van der Waals surface area (Å²) in [4.78, 5) is 11.1. The Labute approximate surface area is 107 Å². The van der Waals surface area contributed by atoms with Gasteiger partial charge in [-0.25, -0.2) is 0 Å². The van der Waals surface area contributed by atoms with E-state index in [-0.39, 0.29) is 0 Å². The minimum atomic E-state index is -0.734. The van der Waals surface area contributed by atoms with Crippen LogP contribution in [0.15, 0.2) is 30.5 Å². The Morgan fingerprint density at radius 2 is 2.00 bits per heavy atom. The van der Waals surface area contributed by atoms with Gasteiger partial charge in [-0.2, -0.15) is 0 Å². The predicted molar refractivity (Wildman–Crippen MR) is 72.7 cm³/mol. The van der Waals surface area contributed by atoms with E-state index in [1.807, 2.05) is 19.2 Å². The Hall–Kier alpha value is -1.77. The molecule has 1 aromatic heterocycles. The van der Waals surface area contributed by atoms with Gasteiger partial charge >= 0.3 is 5.97 Å². The van der Waals surface area contributed by atoms with Crippen LogP contribution in [0.2, 0.25) is 0 Å². The molecular weight excluding hydrogens is 226 g/mol. The number of hydrogen-bond donors (Lipinski definition) is 1. The van der Waals surface area contributed by atoms with Crippen molar-refractivity contribution >= 4 is 16.9 Å². The van der Waals surface area contributed by atoms with Gasteiger partial charge in [-0.15, -0.1) is 0 Å². The molecule has 0 unspecified atom stereocenters. The Morgan fingerprint density at radius 1 is 1.33 bits per heavy atom. The number of fused-ring (bicyclic) bond motifs is 1. The zero-order valence-electron chi connectivity index (χ0n) is 11.1. The van der Waals surface area contributed by atoms with Crippen LogP contribution in [0.1, 0.15) is 25.8 Å². The maximum Gasteiger partial charge on any atom is 0.309 e. The van der Waals surface area contributed by atoms with Crippen molar-refractivity contribution in [3.63, 3.8) is 0 Å².